The molecule has 1 unspecified atom stereocenters. The fraction of sp³-hybridized carbons (Fsp3) is 0.647. The zero-order chi connectivity index (χ0) is 14.4. The van der Waals surface area contributed by atoms with Gasteiger partial charge in [0.05, 0.1) is 6.61 Å². The van der Waals surface area contributed by atoms with Crippen LogP contribution in [0.4, 0.5) is 0 Å². The summed E-state index contributed by atoms with van der Waals surface area (Å²) in [6.07, 6.45) is 7.75. The van der Waals surface area contributed by atoms with Crippen molar-refractivity contribution >= 4 is 11.8 Å². The van der Waals surface area contributed by atoms with E-state index in [0.717, 1.165) is 18.9 Å². The normalized spacial score (nSPS) is 18.9. The maximum atomic E-state index is 5.49. The number of thioether (sulfide) groups is 1. The van der Waals surface area contributed by atoms with Gasteiger partial charge in [-0.2, -0.15) is 11.8 Å². The Morgan fingerprint density at radius 1 is 1.25 bits per heavy atom. The van der Waals surface area contributed by atoms with Gasteiger partial charge in [-0.3, -0.25) is 0 Å². The first-order chi connectivity index (χ1) is 9.69. The van der Waals surface area contributed by atoms with Crippen molar-refractivity contribution in [3.8, 4) is 5.75 Å². The van der Waals surface area contributed by atoms with Crippen LogP contribution >= 0.6 is 11.8 Å². The van der Waals surface area contributed by atoms with Crippen molar-refractivity contribution < 1.29 is 4.74 Å². The predicted molar refractivity (Wildman–Crippen MR) is 88.7 cm³/mol. The quantitative estimate of drug-likeness (QED) is 0.804. The monoisotopic (exact) mass is 293 g/mol. The first-order valence-electron chi connectivity index (χ1n) is 7.70. The van der Waals surface area contributed by atoms with Crippen LogP contribution < -0.4 is 10.1 Å². The lowest BCUT2D eigenvalue weighted by Gasteiger charge is -2.29. The average molecular weight is 293 g/mol. The Morgan fingerprint density at radius 3 is 2.45 bits per heavy atom. The van der Waals surface area contributed by atoms with E-state index in [-0.39, 0.29) is 0 Å². The van der Waals surface area contributed by atoms with E-state index in [0.29, 0.717) is 10.8 Å². The van der Waals surface area contributed by atoms with Crippen LogP contribution in [0, 0.1) is 0 Å². The van der Waals surface area contributed by atoms with E-state index in [9.17, 15) is 0 Å². The molecule has 2 rings (SSSR count). The van der Waals surface area contributed by atoms with Crippen molar-refractivity contribution in [1.29, 1.82) is 0 Å². The maximum absolute atomic E-state index is 5.49. The molecule has 1 aliphatic rings. The first kappa shape index (κ1) is 15.7. The van der Waals surface area contributed by atoms with Gasteiger partial charge < -0.3 is 10.1 Å². The molecule has 1 saturated carbocycles. The Labute approximate surface area is 127 Å². The predicted octanol–water partition coefficient (Wildman–Crippen LogP) is 4.41. The topological polar surface area (TPSA) is 21.3 Å². The van der Waals surface area contributed by atoms with Gasteiger partial charge in [0.25, 0.3) is 0 Å². The van der Waals surface area contributed by atoms with Crippen LogP contribution in [0.25, 0.3) is 0 Å². The number of ether oxygens (including phenoxy) is 1. The molecule has 20 heavy (non-hydrogen) atoms. The van der Waals surface area contributed by atoms with Crippen molar-refractivity contribution in [2.45, 2.75) is 50.3 Å². The summed E-state index contributed by atoms with van der Waals surface area (Å²) in [5.74, 6) is 0.958. The van der Waals surface area contributed by atoms with Gasteiger partial charge in [-0.1, -0.05) is 25.0 Å². The molecule has 1 fully saturated rings. The van der Waals surface area contributed by atoms with E-state index in [2.05, 4.69) is 42.8 Å². The van der Waals surface area contributed by atoms with E-state index < -0.39 is 0 Å². The first-order valence-corrected chi connectivity index (χ1v) is 8.93. The molecule has 1 aromatic rings. The second-order valence-corrected chi connectivity index (χ2v) is 6.97. The maximum Gasteiger partial charge on any atom is 0.119 e. The van der Waals surface area contributed by atoms with Crippen LogP contribution in [-0.4, -0.2) is 24.2 Å². The minimum absolute atomic E-state index is 0.398. The van der Waals surface area contributed by atoms with E-state index in [1.54, 1.807) is 0 Å². The van der Waals surface area contributed by atoms with Gasteiger partial charge >= 0.3 is 0 Å². The molecule has 1 aliphatic carbocycles. The highest BCUT2D eigenvalue weighted by atomic mass is 32.2. The van der Waals surface area contributed by atoms with Crippen LogP contribution in [0.15, 0.2) is 24.3 Å². The third-order valence-electron chi connectivity index (χ3n) is 4.37. The Hall–Kier alpha value is -0.670. The molecule has 0 aliphatic heterocycles. The Balaban J connectivity index is 1.89. The van der Waals surface area contributed by atoms with Gasteiger partial charge in [0.15, 0.2) is 0 Å². The van der Waals surface area contributed by atoms with Crippen molar-refractivity contribution in [1.82, 2.24) is 5.32 Å². The minimum atomic E-state index is 0.398. The summed E-state index contributed by atoms with van der Waals surface area (Å²) < 4.78 is 5.96. The van der Waals surface area contributed by atoms with Crippen LogP contribution in [0.1, 0.15) is 51.1 Å². The molecule has 1 aromatic carbocycles. The second kappa shape index (κ2) is 7.37. The molecular formula is C17H27NOS. The second-order valence-electron chi connectivity index (χ2n) is 5.70. The minimum Gasteiger partial charge on any atom is -0.494 e. The van der Waals surface area contributed by atoms with Gasteiger partial charge in [-0.25, -0.2) is 0 Å². The Kier molecular flexibility index (Phi) is 5.79. The molecule has 3 heteroatoms. The largest absolute Gasteiger partial charge is 0.494 e. The molecule has 1 atom stereocenters. The number of nitrogens with one attached hydrogen (secondary N) is 1. The van der Waals surface area contributed by atoms with Gasteiger partial charge in [-0.15, -0.1) is 0 Å². The van der Waals surface area contributed by atoms with E-state index in [1.807, 2.05) is 18.7 Å². The summed E-state index contributed by atoms with van der Waals surface area (Å²) in [4.78, 5) is 0. The third-order valence-corrected chi connectivity index (χ3v) is 5.79. The molecule has 1 N–H and O–H groups in total. The zero-order valence-corrected chi connectivity index (χ0v) is 13.8. The van der Waals surface area contributed by atoms with Crippen LogP contribution in [0.3, 0.4) is 0 Å². The summed E-state index contributed by atoms with van der Waals surface area (Å²) in [6, 6.07) is 8.87. The van der Waals surface area contributed by atoms with Crippen molar-refractivity contribution in [3.63, 3.8) is 0 Å². The van der Waals surface area contributed by atoms with Crippen molar-refractivity contribution in [2.75, 3.05) is 19.4 Å². The summed E-state index contributed by atoms with van der Waals surface area (Å²) in [5, 5.41) is 3.72. The summed E-state index contributed by atoms with van der Waals surface area (Å²) in [7, 11) is 0. The zero-order valence-electron chi connectivity index (χ0n) is 12.9. The highest BCUT2D eigenvalue weighted by molar-refractivity contribution is 8.00. The summed E-state index contributed by atoms with van der Waals surface area (Å²) in [5.41, 5.74) is 1.34. The van der Waals surface area contributed by atoms with Gasteiger partial charge in [0.2, 0.25) is 0 Å². The Morgan fingerprint density at radius 2 is 1.90 bits per heavy atom. The van der Waals surface area contributed by atoms with Crippen LogP contribution in [0.2, 0.25) is 0 Å². The molecule has 0 amide bonds. The van der Waals surface area contributed by atoms with Crippen LogP contribution in [-0.2, 0) is 0 Å². The fourth-order valence-corrected chi connectivity index (χ4v) is 3.87. The smallest absolute Gasteiger partial charge is 0.119 e. The van der Waals surface area contributed by atoms with E-state index in [4.69, 9.17) is 4.74 Å². The standard InChI is InChI=1S/C17H27NOS/c1-4-19-16-9-7-15(8-10-16)14(2)18-13-17(20-3)11-5-6-12-17/h7-10,14,18H,4-6,11-13H2,1-3H3. The van der Waals surface area contributed by atoms with Crippen molar-refractivity contribution in [3.05, 3.63) is 29.8 Å². The molecule has 0 heterocycles. The van der Waals surface area contributed by atoms with Crippen LogP contribution in [0.5, 0.6) is 5.75 Å². The van der Waals surface area contributed by atoms with Crippen molar-refractivity contribution in [2.24, 2.45) is 0 Å². The fourth-order valence-electron chi connectivity index (χ4n) is 2.95. The molecule has 0 aromatic heterocycles. The molecule has 2 nitrogen and oxygen atoms in total. The summed E-state index contributed by atoms with van der Waals surface area (Å²) >= 11 is 2.04. The van der Waals surface area contributed by atoms with Gasteiger partial charge in [-0.05, 0) is 50.6 Å². The number of benzene rings is 1. The number of rotatable bonds is 7. The van der Waals surface area contributed by atoms with E-state index >= 15 is 0 Å². The SMILES string of the molecule is CCOc1ccc(C(C)NCC2(SC)CCCC2)cc1. The number of hydrogen-bond donors (Lipinski definition) is 1. The van der Waals surface area contributed by atoms with E-state index in [1.165, 1.54) is 31.2 Å². The lowest BCUT2D eigenvalue weighted by atomic mass is 10.0. The molecule has 112 valence electrons. The van der Waals surface area contributed by atoms with Gasteiger partial charge in [0.1, 0.15) is 5.75 Å². The lowest BCUT2D eigenvalue weighted by molar-refractivity contribution is 0.340. The Bertz CT molecular complexity index is 398. The number of hydrogen-bond acceptors (Lipinski definition) is 3. The third kappa shape index (κ3) is 3.92. The summed E-state index contributed by atoms with van der Waals surface area (Å²) in [6.45, 7) is 6.10. The highest BCUT2D eigenvalue weighted by Gasteiger charge is 2.32. The average Bonchev–Trinajstić information content (AvgIpc) is 2.95. The molecule has 0 spiro atoms. The molecule has 0 bridgehead atoms. The lowest BCUT2D eigenvalue weighted by Crippen LogP contribution is -2.36. The molecule has 0 radical (unpaired) electrons. The van der Waals surface area contributed by atoms with Gasteiger partial charge in [0, 0.05) is 17.3 Å². The highest BCUT2D eigenvalue weighted by Crippen LogP contribution is 2.40. The molecule has 0 saturated heterocycles. The molecular weight excluding hydrogens is 266 g/mol.